The van der Waals surface area contributed by atoms with Gasteiger partial charge in [0, 0.05) is 16.6 Å². The highest BCUT2D eigenvalue weighted by molar-refractivity contribution is 6.06. The molecular formula is C11H8F3N3. The van der Waals surface area contributed by atoms with Gasteiger partial charge in [-0.15, -0.1) is 0 Å². The second-order valence-corrected chi connectivity index (χ2v) is 3.61. The Labute approximate surface area is 94.6 Å². The Morgan fingerprint density at radius 2 is 1.88 bits per heavy atom. The van der Waals surface area contributed by atoms with Gasteiger partial charge in [0.05, 0.1) is 0 Å². The summed E-state index contributed by atoms with van der Waals surface area (Å²) in [6.45, 7) is 1.55. The Balaban J connectivity index is 2.99. The molecule has 0 unspecified atom stereocenters. The molecule has 3 N–H and O–H groups in total. The van der Waals surface area contributed by atoms with Crippen LogP contribution in [0.15, 0.2) is 12.1 Å². The highest BCUT2D eigenvalue weighted by Gasteiger charge is 2.18. The standard InChI is InChI=1S/C11H8F3N3/c1-4-2-6(11(15)16)5-3-7(12)8(13)9(14)10(5)17-4/h2-3H,1H3,(H3,15,16). The first-order valence-corrected chi connectivity index (χ1v) is 4.71. The molecule has 1 heterocycles. The van der Waals surface area contributed by atoms with Gasteiger partial charge in [0.15, 0.2) is 17.5 Å². The summed E-state index contributed by atoms with van der Waals surface area (Å²) in [4.78, 5) is 3.79. The molecule has 0 bridgehead atoms. The van der Waals surface area contributed by atoms with E-state index in [2.05, 4.69) is 4.98 Å². The van der Waals surface area contributed by atoms with Gasteiger partial charge in [0.25, 0.3) is 0 Å². The third kappa shape index (κ3) is 1.71. The molecule has 0 radical (unpaired) electrons. The van der Waals surface area contributed by atoms with E-state index in [1.165, 1.54) is 6.07 Å². The maximum Gasteiger partial charge on any atom is 0.196 e. The minimum absolute atomic E-state index is 0.0144. The maximum atomic E-state index is 13.5. The largest absolute Gasteiger partial charge is 0.384 e. The zero-order chi connectivity index (χ0) is 12.7. The van der Waals surface area contributed by atoms with Gasteiger partial charge in [-0.25, -0.2) is 18.2 Å². The van der Waals surface area contributed by atoms with Crippen LogP contribution in [0, 0.1) is 29.8 Å². The Bertz CT molecular complexity index is 638. The molecule has 1 aromatic carbocycles. The first kappa shape index (κ1) is 11.4. The van der Waals surface area contributed by atoms with Crippen LogP contribution >= 0.6 is 0 Å². The molecule has 1 aromatic heterocycles. The average Bonchev–Trinajstić information content (AvgIpc) is 2.26. The SMILES string of the molecule is Cc1cc(C(=N)N)c2cc(F)c(F)c(F)c2n1. The van der Waals surface area contributed by atoms with Gasteiger partial charge < -0.3 is 5.73 Å². The second kappa shape index (κ2) is 3.73. The third-order valence-electron chi connectivity index (χ3n) is 2.36. The van der Waals surface area contributed by atoms with Gasteiger partial charge in [0.1, 0.15) is 11.4 Å². The van der Waals surface area contributed by atoms with Crippen molar-refractivity contribution >= 4 is 16.7 Å². The Kier molecular flexibility index (Phi) is 2.49. The normalized spacial score (nSPS) is 10.8. The molecule has 6 heteroatoms. The van der Waals surface area contributed by atoms with Crippen molar-refractivity contribution in [3.63, 3.8) is 0 Å². The fourth-order valence-electron chi connectivity index (χ4n) is 1.62. The fourth-order valence-corrected chi connectivity index (χ4v) is 1.62. The van der Waals surface area contributed by atoms with Gasteiger partial charge >= 0.3 is 0 Å². The predicted molar refractivity (Wildman–Crippen MR) is 57.4 cm³/mol. The van der Waals surface area contributed by atoms with Crippen LogP contribution in [-0.4, -0.2) is 10.8 Å². The number of hydrogen-bond acceptors (Lipinski definition) is 2. The van der Waals surface area contributed by atoms with E-state index < -0.39 is 17.5 Å². The summed E-state index contributed by atoms with van der Waals surface area (Å²) in [7, 11) is 0. The fraction of sp³-hybridized carbons (Fsp3) is 0.0909. The van der Waals surface area contributed by atoms with E-state index in [1.807, 2.05) is 0 Å². The lowest BCUT2D eigenvalue weighted by atomic mass is 10.1. The van der Waals surface area contributed by atoms with Crippen LogP contribution in [0.4, 0.5) is 13.2 Å². The van der Waals surface area contributed by atoms with Gasteiger partial charge in [-0.2, -0.15) is 0 Å². The Morgan fingerprint density at radius 1 is 1.24 bits per heavy atom. The summed E-state index contributed by atoms with van der Waals surface area (Å²) in [6.07, 6.45) is 0. The summed E-state index contributed by atoms with van der Waals surface area (Å²) in [5.74, 6) is -4.63. The van der Waals surface area contributed by atoms with Crippen molar-refractivity contribution in [2.75, 3.05) is 0 Å². The summed E-state index contributed by atoms with van der Waals surface area (Å²) in [5, 5.41) is 7.31. The van der Waals surface area contributed by atoms with Crippen molar-refractivity contribution in [3.05, 3.63) is 40.8 Å². The minimum Gasteiger partial charge on any atom is -0.384 e. The summed E-state index contributed by atoms with van der Waals surface area (Å²) in [5.41, 5.74) is 5.48. The van der Waals surface area contributed by atoms with Crippen LogP contribution in [0.3, 0.4) is 0 Å². The number of aryl methyl sites for hydroxylation is 1. The number of hydrogen-bond donors (Lipinski definition) is 2. The molecule has 17 heavy (non-hydrogen) atoms. The van der Waals surface area contributed by atoms with E-state index in [9.17, 15) is 13.2 Å². The number of rotatable bonds is 1. The number of nitrogen functional groups attached to an aromatic ring is 1. The lowest BCUT2D eigenvalue weighted by Crippen LogP contribution is -2.13. The molecule has 3 nitrogen and oxygen atoms in total. The second-order valence-electron chi connectivity index (χ2n) is 3.61. The zero-order valence-corrected chi connectivity index (χ0v) is 8.81. The van der Waals surface area contributed by atoms with E-state index in [0.29, 0.717) is 5.69 Å². The number of nitrogens with zero attached hydrogens (tertiary/aromatic N) is 1. The molecule has 0 aliphatic carbocycles. The number of amidine groups is 1. The predicted octanol–water partition coefficient (Wildman–Crippen LogP) is 2.24. The average molecular weight is 239 g/mol. The number of nitrogens with one attached hydrogen (secondary N) is 1. The zero-order valence-electron chi connectivity index (χ0n) is 8.81. The van der Waals surface area contributed by atoms with Gasteiger partial charge in [0.2, 0.25) is 0 Å². The quantitative estimate of drug-likeness (QED) is 0.455. The summed E-state index contributed by atoms with van der Waals surface area (Å²) >= 11 is 0. The first-order valence-electron chi connectivity index (χ1n) is 4.71. The van der Waals surface area contributed by atoms with Crippen molar-refractivity contribution < 1.29 is 13.2 Å². The molecule has 0 atom stereocenters. The maximum absolute atomic E-state index is 13.5. The summed E-state index contributed by atoms with van der Waals surface area (Å²) < 4.78 is 39.6. The molecule has 88 valence electrons. The number of halogens is 3. The third-order valence-corrected chi connectivity index (χ3v) is 2.36. The van der Waals surface area contributed by atoms with Crippen LogP contribution in [-0.2, 0) is 0 Å². The number of fused-ring (bicyclic) bond motifs is 1. The topological polar surface area (TPSA) is 62.8 Å². The highest BCUT2D eigenvalue weighted by Crippen LogP contribution is 2.24. The van der Waals surface area contributed by atoms with Crippen molar-refractivity contribution in [3.8, 4) is 0 Å². The molecule has 2 rings (SSSR count). The van der Waals surface area contributed by atoms with Crippen LogP contribution in [0.5, 0.6) is 0 Å². The van der Waals surface area contributed by atoms with E-state index in [1.54, 1.807) is 6.92 Å². The molecule has 0 saturated heterocycles. The van der Waals surface area contributed by atoms with E-state index in [0.717, 1.165) is 6.07 Å². The highest BCUT2D eigenvalue weighted by atomic mass is 19.2. The van der Waals surface area contributed by atoms with E-state index in [-0.39, 0.29) is 22.3 Å². The first-order chi connectivity index (χ1) is 7.91. The number of aromatic nitrogens is 1. The van der Waals surface area contributed by atoms with E-state index >= 15 is 0 Å². The van der Waals surface area contributed by atoms with Crippen molar-refractivity contribution in [1.29, 1.82) is 5.41 Å². The van der Waals surface area contributed by atoms with Crippen LogP contribution in [0.2, 0.25) is 0 Å². The molecule has 0 aliphatic heterocycles. The van der Waals surface area contributed by atoms with Crippen LogP contribution in [0.25, 0.3) is 10.9 Å². The van der Waals surface area contributed by atoms with Crippen LogP contribution in [0.1, 0.15) is 11.3 Å². The van der Waals surface area contributed by atoms with E-state index in [4.69, 9.17) is 11.1 Å². The number of pyridine rings is 1. The van der Waals surface area contributed by atoms with Gasteiger partial charge in [-0.1, -0.05) is 0 Å². The van der Waals surface area contributed by atoms with Crippen molar-refractivity contribution in [2.24, 2.45) is 5.73 Å². The van der Waals surface area contributed by atoms with Crippen LogP contribution < -0.4 is 5.73 Å². The molecule has 0 amide bonds. The number of nitrogens with two attached hydrogens (primary N) is 1. The molecule has 2 aromatic rings. The minimum atomic E-state index is -1.58. The van der Waals surface area contributed by atoms with Crippen molar-refractivity contribution in [2.45, 2.75) is 6.92 Å². The smallest absolute Gasteiger partial charge is 0.196 e. The van der Waals surface area contributed by atoms with Gasteiger partial charge in [-0.3, -0.25) is 5.41 Å². The van der Waals surface area contributed by atoms with Crippen molar-refractivity contribution in [1.82, 2.24) is 4.98 Å². The molecule has 0 spiro atoms. The number of benzene rings is 1. The Morgan fingerprint density at radius 3 is 2.47 bits per heavy atom. The molecule has 0 fully saturated rings. The molecule has 0 aliphatic rings. The Hall–Kier alpha value is -2.11. The lowest BCUT2D eigenvalue weighted by Gasteiger charge is -2.08. The molecular weight excluding hydrogens is 231 g/mol. The monoisotopic (exact) mass is 239 g/mol. The molecule has 0 saturated carbocycles. The lowest BCUT2D eigenvalue weighted by molar-refractivity contribution is 0.452. The summed E-state index contributed by atoms with van der Waals surface area (Å²) in [6, 6.07) is 2.21. The van der Waals surface area contributed by atoms with Gasteiger partial charge in [-0.05, 0) is 19.1 Å².